The summed E-state index contributed by atoms with van der Waals surface area (Å²) >= 11 is 3.98. The van der Waals surface area contributed by atoms with E-state index in [2.05, 4.69) is 12.6 Å². The van der Waals surface area contributed by atoms with Crippen LogP contribution in [0.5, 0.6) is 0 Å². The van der Waals surface area contributed by atoms with Gasteiger partial charge >= 0.3 is 7.12 Å². The van der Waals surface area contributed by atoms with E-state index in [-0.39, 0.29) is 11.0 Å². The highest BCUT2D eigenvalue weighted by Gasteiger charge is 2.20. The van der Waals surface area contributed by atoms with Gasteiger partial charge in [-0.05, 0) is 11.5 Å². The number of carbonyl (C=O) groups excluding carboxylic acids is 1. The van der Waals surface area contributed by atoms with Gasteiger partial charge in [0.05, 0.1) is 5.56 Å². The summed E-state index contributed by atoms with van der Waals surface area (Å²) in [6, 6.07) is 4.52. The molecule has 1 aromatic carbocycles. The fraction of sp³-hybridized carbons (Fsp3) is 0. The Morgan fingerprint density at radius 2 is 2.08 bits per heavy atom. The predicted octanol–water partition coefficient (Wildman–Crippen LogP) is -1.25. The summed E-state index contributed by atoms with van der Waals surface area (Å²) in [6.07, 6.45) is 0. The minimum atomic E-state index is -1.71. The van der Waals surface area contributed by atoms with Crippen LogP contribution >= 0.6 is 12.6 Å². The van der Waals surface area contributed by atoms with Gasteiger partial charge in [0.2, 0.25) is 5.91 Å². The molecule has 0 radical (unpaired) electrons. The Labute approximate surface area is 80.9 Å². The minimum absolute atomic E-state index is 0.0424. The molecule has 6 heteroatoms. The second-order valence-electron chi connectivity index (χ2n) is 2.48. The lowest BCUT2D eigenvalue weighted by atomic mass is 9.77. The van der Waals surface area contributed by atoms with E-state index >= 15 is 0 Å². The maximum absolute atomic E-state index is 10.9. The van der Waals surface area contributed by atoms with Crippen LogP contribution in [-0.2, 0) is 0 Å². The van der Waals surface area contributed by atoms with E-state index in [0.717, 1.165) is 0 Å². The number of hydrogen-bond acceptors (Lipinski definition) is 4. The number of primary amides is 1. The molecule has 0 aromatic heterocycles. The zero-order valence-electron chi connectivity index (χ0n) is 6.64. The van der Waals surface area contributed by atoms with Crippen molar-refractivity contribution in [3.8, 4) is 0 Å². The Kier molecular flexibility index (Phi) is 2.97. The van der Waals surface area contributed by atoms with Crippen LogP contribution in [0.4, 0.5) is 0 Å². The zero-order chi connectivity index (χ0) is 10.0. The maximum atomic E-state index is 10.9. The number of hydrogen-bond donors (Lipinski definition) is 4. The van der Waals surface area contributed by atoms with Gasteiger partial charge in [-0.1, -0.05) is 12.1 Å². The average Bonchev–Trinajstić information content (AvgIpc) is 2.02. The number of benzene rings is 1. The first-order valence-corrected chi connectivity index (χ1v) is 3.96. The van der Waals surface area contributed by atoms with Crippen LogP contribution in [0.3, 0.4) is 0 Å². The molecule has 0 bridgehead atoms. The van der Waals surface area contributed by atoms with E-state index in [1.807, 2.05) is 0 Å². The van der Waals surface area contributed by atoms with Crippen molar-refractivity contribution in [2.45, 2.75) is 4.90 Å². The summed E-state index contributed by atoms with van der Waals surface area (Å²) in [7, 11) is -1.71. The quantitative estimate of drug-likeness (QED) is 0.353. The first-order valence-electron chi connectivity index (χ1n) is 3.52. The molecule has 4 N–H and O–H groups in total. The molecule has 0 fully saturated rings. The zero-order valence-corrected chi connectivity index (χ0v) is 7.53. The third-order valence-electron chi connectivity index (χ3n) is 1.60. The summed E-state index contributed by atoms with van der Waals surface area (Å²) in [4.78, 5) is 11.2. The highest BCUT2D eigenvalue weighted by atomic mass is 32.1. The summed E-state index contributed by atoms with van der Waals surface area (Å²) in [5, 5.41) is 17.8. The molecule has 68 valence electrons. The van der Waals surface area contributed by atoms with Crippen LogP contribution in [-0.4, -0.2) is 23.1 Å². The Morgan fingerprint density at radius 3 is 2.46 bits per heavy atom. The molecule has 0 saturated heterocycles. The summed E-state index contributed by atoms with van der Waals surface area (Å²) < 4.78 is 0. The third-order valence-corrected chi connectivity index (χ3v) is 1.97. The maximum Gasteiger partial charge on any atom is 0.489 e. The molecule has 0 aliphatic carbocycles. The molecule has 0 saturated carbocycles. The van der Waals surface area contributed by atoms with E-state index in [1.54, 1.807) is 12.1 Å². The van der Waals surface area contributed by atoms with Crippen LogP contribution in [0, 0.1) is 0 Å². The summed E-state index contributed by atoms with van der Waals surface area (Å²) in [6.45, 7) is 0. The van der Waals surface area contributed by atoms with Crippen molar-refractivity contribution in [2.24, 2.45) is 5.73 Å². The molecule has 0 aliphatic heterocycles. The molecule has 4 nitrogen and oxygen atoms in total. The Morgan fingerprint density at radius 1 is 1.46 bits per heavy atom. The highest BCUT2D eigenvalue weighted by molar-refractivity contribution is 7.80. The van der Waals surface area contributed by atoms with Gasteiger partial charge in [0.15, 0.2) is 0 Å². The minimum Gasteiger partial charge on any atom is -0.423 e. The van der Waals surface area contributed by atoms with Gasteiger partial charge in [-0.25, -0.2) is 0 Å². The van der Waals surface area contributed by atoms with Crippen LogP contribution < -0.4 is 11.2 Å². The molecule has 0 heterocycles. The second-order valence-corrected chi connectivity index (χ2v) is 2.96. The number of rotatable bonds is 2. The summed E-state index contributed by atoms with van der Waals surface area (Å²) in [5.41, 5.74) is 5.16. The first-order chi connectivity index (χ1) is 6.04. The Balaban J connectivity index is 3.34. The van der Waals surface area contributed by atoms with E-state index in [1.165, 1.54) is 6.07 Å². The molecule has 1 amide bonds. The third kappa shape index (κ3) is 2.03. The molecule has 0 unspecified atom stereocenters. The van der Waals surface area contributed by atoms with Gasteiger partial charge in [-0.3, -0.25) is 4.79 Å². The van der Waals surface area contributed by atoms with Gasteiger partial charge in [0.25, 0.3) is 0 Å². The molecule has 1 rings (SSSR count). The lowest BCUT2D eigenvalue weighted by Gasteiger charge is -2.07. The van der Waals surface area contributed by atoms with E-state index in [4.69, 9.17) is 15.8 Å². The van der Waals surface area contributed by atoms with Crippen molar-refractivity contribution < 1.29 is 14.8 Å². The van der Waals surface area contributed by atoms with Crippen LogP contribution in [0.2, 0.25) is 0 Å². The lowest BCUT2D eigenvalue weighted by molar-refractivity contribution is 0.0998. The van der Waals surface area contributed by atoms with Crippen molar-refractivity contribution in [2.75, 3.05) is 0 Å². The van der Waals surface area contributed by atoms with Crippen LogP contribution in [0.25, 0.3) is 0 Å². The Hall–Kier alpha value is -0.975. The molecular weight excluding hydrogens is 189 g/mol. The van der Waals surface area contributed by atoms with Crippen LogP contribution in [0.15, 0.2) is 23.1 Å². The Bertz CT molecular complexity index is 343. The first kappa shape index (κ1) is 10.1. The fourth-order valence-corrected chi connectivity index (χ4v) is 1.37. The monoisotopic (exact) mass is 197 g/mol. The number of nitrogens with two attached hydrogens (primary N) is 1. The van der Waals surface area contributed by atoms with E-state index in [0.29, 0.717) is 4.90 Å². The topological polar surface area (TPSA) is 83.6 Å². The molecule has 1 aromatic rings. The van der Waals surface area contributed by atoms with Gasteiger partial charge < -0.3 is 15.8 Å². The van der Waals surface area contributed by atoms with Crippen molar-refractivity contribution in [1.82, 2.24) is 0 Å². The summed E-state index contributed by atoms with van der Waals surface area (Å²) in [5.74, 6) is -0.728. The van der Waals surface area contributed by atoms with E-state index in [9.17, 15) is 4.79 Å². The van der Waals surface area contributed by atoms with Gasteiger partial charge in [-0.2, -0.15) is 0 Å². The lowest BCUT2D eigenvalue weighted by Crippen LogP contribution is -2.36. The van der Waals surface area contributed by atoms with Crippen molar-refractivity contribution in [1.29, 1.82) is 0 Å². The largest absolute Gasteiger partial charge is 0.489 e. The molecule has 0 aliphatic rings. The van der Waals surface area contributed by atoms with Gasteiger partial charge in [0.1, 0.15) is 0 Å². The average molecular weight is 197 g/mol. The molecular formula is C7H8BNO3S. The van der Waals surface area contributed by atoms with Crippen molar-refractivity contribution in [3.05, 3.63) is 23.8 Å². The molecule has 0 atom stereocenters. The second kappa shape index (κ2) is 3.82. The van der Waals surface area contributed by atoms with Gasteiger partial charge in [-0.15, -0.1) is 12.6 Å². The number of carbonyl (C=O) groups is 1. The normalized spacial score (nSPS) is 9.77. The standard InChI is InChI=1S/C7H8BNO3S/c9-7(10)6-4(8(11)12)2-1-3-5(6)13/h1-3,11-13H,(H2,9,10). The smallest absolute Gasteiger partial charge is 0.423 e. The van der Waals surface area contributed by atoms with Crippen LogP contribution in [0.1, 0.15) is 10.4 Å². The highest BCUT2D eigenvalue weighted by Crippen LogP contribution is 2.10. The number of amides is 1. The molecule has 0 spiro atoms. The molecule has 13 heavy (non-hydrogen) atoms. The van der Waals surface area contributed by atoms with Gasteiger partial charge in [0, 0.05) is 4.90 Å². The predicted molar refractivity (Wildman–Crippen MR) is 52.0 cm³/mol. The van der Waals surface area contributed by atoms with E-state index < -0.39 is 13.0 Å². The number of thiol groups is 1. The van der Waals surface area contributed by atoms with Crippen molar-refractivity contribution >= 4 is 31.1 Å². The fourth-order valence-electron chi connectivity index (χ4n) is 1.04. The van der Waals surface area contributed by atoms with Crippen molar-refractivity contribution in [3.63, 3.8) is 0 Å². The SMILES string of the molecule is NC(=O)c1c(S)cccc1B(O)O.